The number of nitrogens with zero attached hydrogens (tertiary/aromatic N) is 1. The van der Waals surface area contributed by atoms with Crippen LogP contribution in [0.3, 0.4) is 0 Å². The molecular weight excluding hydrogens is 336 g/mol. The lowest BCUT2D eigenvalue weighted by molar-refractivity contribution is -0.134. The van der Waals surface area contributed by atoms with Crippen molar-refractivity contribution in [2.75, 3.05) is 0 Å². The number of carbonyl (C=O) groups excluding carboxylic acids is 2. The third kappa shape index (κ3) is 6.20. The van der Waals surface area contributed by atoms with E-state index in [4.69, 9.17) is 11.6 Å². The van der Waals surface area contributed by atoms with Gasteiger partial charge in [-0.15, -0.1) is 0 Å². The molecule has 0 atom stereocenters. The maximum atomic E-state index is 13.1. The van der Waals surface area contributed by atoms with Crippen LogP contribution in [-0.2, 0) is 9.59 Å². The SMILES string of the molecule is CC(C)N(C(=O)/C(=C\c1ccc(Cl)cc1)NC(=O)C(C)(C)C)C(C)C. The van der Waals surface area contributed by atoms with Crippen LogP contribution in [0.25, 0.3) is 6.08 Å². The minimum Gasteiger partial charge on any atom is -0.333 e. The Kier molecular flexibility index (Phi) is 7.24. The highest BCUT2D eigenvalue weighted by atomic mass is 35.5. The third-order valence-electron chi connectivity index (χ3n) is 3.69. The van der Waals surface area contributed by atoms with E-state index in [0.717, 1.165) is 5.56 Å². The zero-order chi connectivity index (χ0) is 19.4. The molecule has 2 amide bonds. The highest BCUT2D eigenvalue weighted by molar-refractivity contribution is 6.30. The Balaban J connectivity index is 3.29. The second-order valence-corrected chi connectivity index (χ2v) is 8.15. The molecule has 1 aromatic rings. The van der Waals surface area contributed by atoms with Crippen molar-refractivity contribution in [1.29, 1.82) is 0 Å². The quantitative estimate of drug-likeness (QED) is 0.782. The van der Waals surface area contributed by atoms with E-state index >= 15 is 0 Å². The standard InChI is InChI=1S/C20H29ClN2O2/c1-13(2)23(14(3)4)18(24)17(22-19(25)20(5,6)7)12-15-8-10-16(21)11-9-15/h8-14H,1-7H3,(H,22,25)/b17-12+. The molecule has 1 N–H and O–H groups in total. The van der Waals surface area contributed by atoms with Crippen molar-refractivity contribution < 1.29 is 9.59 Å². The molecule has 0 aliphatic carbocycles. The first-order valence-electron chi connectivity index (χ1n) is 8.55. The average Bonchev–Trinajstić information content (AvgIpc) is 2.46. The predicted molar refractivity (Wildman–Crippen MR) is 104 cm³/mol. The van der Waals surface area contributed by atoms with Gasteiger partial charge < -0.3 is 10.2 Å². The zero-order valence-corrected chi connectivity index (χ0v) is 16.9. The molecule has 0 fully saturated rings. The average molecular weight is 365 g/mol. The van der Waals surface area contributed by atoms with Gasteiger partial charge in [0.05, 0.1) is 0 Å². The molecule has 0 aliphatic heterocycles. The molecular formula is C20H29ClN2O2. The summed E-state index contributed by atoms with van der Waals surface area (Å²) >= 11 is 5.92. The number of amides is 2. The first-order chi connectivity index (χ1) is 11.4. The van der Waals surface area contributed by atoms with E-state index in [-0.39, 0.29) is 29.6 Å². The maximum Gasteiger partial charge on any atom is 0.270 e. The summed E-state index contributed by atoms with van der Waals surface area (Å²) in [6.45, 7) is 13.3. The Hall–Kier alpha value is -1.81. The largest absolute Gasteiger partial charge is 0.333 e. The number of nitrogens with one attached hydrogen (secondary N) is 1. The van der Waals surface area contributed by atoms with Gasteiger partial charge in [-0.1, -0.05) is 44.5 Å². The van der Waals surface area contributed by atoms with Gasteiger partial charge >= 0.3 is 0 Å². The van der Waals surface area contributed by atoms with Crippen molar-refractivity contribution in [3.05, 3.63) is 40.5 Å². The molecule has 0 spiro atoms. The van der Waals surface area contributed by atoms with E-state index in [9.17, 15) is 9.59 Å². The number of rotatable bonds is 5. The number of hydrogen-bond donors (Lipinski definition) is 1. The fourth-order valence-electron chi connectivity index (χ4n) is 2.39. The molecule has 0 heterocycles. The number of hydrogen-bond acceptors (Lipinski definition) is 2. The summed E-state index contributed by atoms with van der Waals surface area (Å²) in [7, 11) is 0. The van der Waals surface area contributed by atoms with Crippen molar-refractivity contribution in [3.63, 3.8) is 0 Å². The minimum atomic E-state index is -0.597. The molecule has 0 unspecified atom stereocenters. The summed E-state index contributed by atoms with van der Waals surface area (Å²) in [6, 6.07) is 7.18. The smallest absolute Gasteiger partial charge is 0.270 e. The van der Waals surface area contributed by atoms with Crippen molar-refractivity contribution in [2.24, 2.45) is 5.41 Å². The summed E-state index contributed by atoms with van der Waals surface area (Å²) in [5.41, 5.74) is 0.471. The molecule has 0 aromatic heterocycles. The Morgan fingerprint density at radius 3 is 1.92 bits per heavy atom. The normalized spacial score (nSPS) is 12.5. The lowest BCUT2D eigenvalue weighted by atomic mass is 9.95. The van der Waals surface area contributed by atoms with Gasteiger partial charge in [-0.2, -0.15) is 0 Å². The van der Waals surface area contributed by atoms with Gasteiger partial charge in [0.25, 0.3) is 5.91 Å². The Morgan fingerprint density at radius 2 is 1.52 bits per heavy atom. The molecule has 5 heteroatoms. The van der Waals surface area contributed by atoms with Crippen LogP contribution in [0.15, 0.2) is 30.0 Å². The monoisotopic (exact) mass is 364 g/mol. The highest BCUT2D eigenvalue weighted by Crippen LogP contribution is 2.18. The van der Waals surface area contributed by atoms with Crippen LogP contribution >= 0.6 is 11.6 Å². The first-order valence-corrected chi connectivity index (χ1v) is 8.92. The summed E-state index contributed by atoms with van der Waals surface area (Å²) in [5, 5.41) is 3.43. The van der Waals surface area contributed by atoms with Gasteiger partial charge in [-0.25, -0.2) is 0 Å². The number of halogens is 1. The fraction of sp³-hybridized carbons (Fsp3) is 0.500. The molecule has 0 aliphatic rings. The van der Waals surface area contributed by atoms with Crippen LogP contribution in [-0.4, -0.2) is 28.8 Å². The molecule has 1 aromatic carbocycles. The summed E-state index contributed by atoms with van der Waals surface area (Å²) in [4.78, 5) is 27.3. The second kappa shape index (κ2) is 8.52. The maximum absolute atomic E-state index is 13.1. The van der Waals surface area contributed by atoms with Crippen LogP contribution in [0.4, 0.5) is 0 Å². The fourth-order valence-corrected chi connectivity index (χ4v) is 2.52. The van der Waals surface area contributed by atoms with Crippen LogP contribution in [0.5, 0.6) is 0 Å². The van der Waals surface area contributed by atoms with Gasteiger partial charge in [0.2, 0.25) is 5.91 Å². The first kappa shape index (κ1) is 21.2. The van der Waals surface area contributed by atoms with Crippen LogP contribution in [0.1, 0.15) is 54.0 Å². The van der Waals surface area contributed by atoms with Gasteiger partial charge in [0.15, 0.2) is 0 Å². The van der Waals surface area contributed by atoms with E-state index in [2.05, 4.69) is 5.32 Å². The van der Waals surface area contributed by atoms with Crippen molar-refractivity contribution in [1.82, 2.24) is 10.2 Å². The summed E-state index contributed by atoms with van der Waals surface area (Å²) in [6.07, 6.45) is 1.69. The lowest BCUT2D eigenvalue weighted by Gasteiger charge is -2.32. The van der Waals surface area contributed by atoms with Gasteiger partial charge in [-0.3, -0.25) is 9.59 Å². The molecule has 138 valence electrons. The van der Waals surface area contributed by atoms with Gasteiger partial charge in [0.1, 0.15) is 5.70 Å². The van der Waals surface area contributed by atoms with E-state index in [1.54, 1.807) is 23.1 Å². The van der Waals surface area contributed by atoms with E-state index in [0.29, 0.717) is 5.02 Å². The molecule has 0 bridgehead atoms. The lowest BCUT2D eigenvalue weighted by Crippen LogP contribution is -2.47. The predicted octanol–water partition coefficient (Wildman–Crippen LogP) is 4.49. The van der Waals surface area contributed by atoms with Gasteiger partial charge in [0, 0.05) is 22.5 Å². The highest BCUT2D eigenvalue weighted by Gasteiger charge is 2.28. The van der Waals surface area contributed by atoms with E-state index in [1.165, 1.54) is 0 Å². The van der Waals surface area contributed by atoms with Crippen molar-refractivity contribution >= 4 is 29.5 Å². The Bertz CT molecular complexity index is 633. The van der Waals surface area contributed by atoms with Crippen LogP contribution in [0, 0.1) is 5.41 Å². The summed E-state index contributed by atoms with van der Waals surface area (Å²) < 4.78 is 0. The van der Waals surface area contributed by atoms with E-state index in [1.807, 2.05) is 60.6 Å². The van der Waals surface area contributed by atoms with Gasteiger partial charge in [-0.05, 0) is 51.5 Å². The zero-order valence-electron chi connectivity index (χ0n) is 16.2. The molecule has 0 saturated heterocycles. The Morgan fingerprint density at radius 1 is 1.04 bits per heavy atom. The van der Waals surface area contributed by atoms with Crippen LogP contribution < -0.4 is 5.32 Å². The number of carbonyl (C=O) groups is 2. The summed E-state index contributed by atoms with van der Waals surface area (Å²) in [5.74, 6) is -0.397. The number of benzene rings is 1. The Labute approximate surface area is 156 Å². The molecule has 4 nitrogen and oxygen atoms in total. The second-order valence-electron chi connectivity index (χ2n) is 7.71. The topological polar surface area (TPSA) is 49.4 Å². The van der Waals surface area contributed by atoms with Crippen molar-refractivity contribution in [2.45, 2.75) is 60.5 Å². The molecule has 1 rings (SSSR count). The third-order valence-corrected chi connectivity index (χ3v) is 3.94. The van der Waals surface area contributed by atoms with Crippen LogP contribution in [0.2, 0.25) is 5.02 Å². The minimum absolute atomic E-state index is 0.0210. The molecule has 0 saturated carbocycles. The molecule has 0 radical (unpaired) electrons. The van der Waals surface area contributed by atoms with Crippen molar-refractivity contribution in [3.8, 4) is 0 Å². The van der Waals surface area contributed by atoms with E-state index < -0.39 is 5.41 Å². The molecule has 25 heavy (non-hydrogen) atoms.